The molecule has 0 aliphatic rings. The van der Waals surface area contributed by atoms with Crippen molar-refractivity contribution in [2.75, 3.05) is 13.7 Å². The molecule has 0 spiro atoms. The summed E-state index contributed by atoms with van der Waals surface area (Å²) in [5.74, 6) is -0.143. The number of carbonyl (C=O) groups is 1. The van der Waals surface area contributed by atoms with Gasteiger partial charge in [0.1, 0.15) is 17.4 Å². The fourth-order valence-corrected chi connectivity index (χ4v) is 2.36. The molecule has 2 aromatic carbocycles. The minimum atomic E-state index is -0.336. The number of ether oxygens (including phenoxy) is 1. The molecule has 0 heterocycles. The van der Waals surface area contributed by atoms with Gasteiger partial charge in [-0.3, -0.25) is 4.79 Å². The Balaban J connectivity index is 1.79. The van der Waals surface area contributed by atoms with Crippen LogP contribution in [0.3, 0.4) is 0 Å². The summed E-state index contributed by atoms with van der Waals surface area (Å²) >= 11 is 0. The van der Waals surface area contributed by atoms with Gasteiger partial charge >= 0.3 is 0 Å². The number of hydrogen-bond donors (Lipinski definition) is 0. The standard InChI is InChI=1S/C19H21F2NO2/c1-14(17-6-3-4-7-18(17)21)22(2)19(23)8-5-13-24-16-11-9-15(20)10-12-16/h3-4,6-7,9-12,14H,5,8,13H2,1-2H3. The van der Waals surface area contributed by atoms with Gasteiger partial charge in [0.05, 0.1) is 12.6 Å². The van der Waals surface area contributed by atoms with E-state index in [-0.39, 0.29) is 23.6 Å². The fraction of sp³-hybridized carbons (Fsp3) is 0.316. The van der Waals surface area contributed by atoms with Gasteiger partial charge in [-0.2, -0.15) is 0 Å². The second-order valence-corrected chi connectivity index (χ2v) is 5.61. The van der Waals surface area contributed by atoms with Crippen molar-refractivity contribution >= 4 is 5.91 Å². The molecule has 1 atom stereocenters. The van der Waals surface area contributed by atoms with E-state index in [1.54, 1.807) is 44.3 Å². The Morgan fingerprint density at radius 3 is 2.46 bits per heavy atom. The van der Waals surface area contributed by atoms with E-state index in [4.69, 9.17) is 4.74 Å². The molecular formula is C19H21F2NO2. The van der Waals surface area contributed by atoms with Crippen molar-refractivity contribution < 1.29 is 18.3 Å². The Bertz CT molecular complexity index is 673. The van der Waals surface area contributed by atoms with Gasteiger partial charge < -0.3 is 9.64 Å². The lowest BCUT2D eigenvalue weighted by molar-refractivity contribution is -0.132. The lowest BCUT2D eigenvalue weighted by Gasteiger charge is -2.25. The number of carbonyl (C=O) groups excluding carboxylic acids is 1. The van der Waals surface area contributed by atoms with Gasteiger partial charge in [-0.05, 0) is 43.7 Å². The summed E-state index contributed by atoms with van der Waals surface area (Å²) in [6.07, 6.45) is 0.834. The van der Waals surface area contributed by atoms with Crippen LogP contribution in [0.2, 0.25) is 0 Å². The highest BCUT2D eigenvalue weighted by Gasteiger charge is 2.19. The second kappa shape index (κ2) is 8.43. The number of halogens is 2. The lowest BCUT2D eigenvalue weighted by atomic mass is 10.1. The quantitative estimate of drug-likeness (QED) is 0.705. The van der Waals surface area contributed by atoms with Gasteiger partial charge in [0, 0.05) is 19.0 Å². The van der Waals surface area contributed by atoms with Gasteiger partial charge in [-0.25, -0.2) is 8.78 Å². The van der Waals surface area contributed by atoms with E-state index >= 15 is 0 Å². The molecule has 0 fully saturated rings. The molecule has 5 heteroatoms. The maximum Gasteiger partial charge on any atom is 0.222 e. The summed E-state index contributed by atoms with van der Waals surface area (Å²) < 4.78 is 32.0. The van der Waals surface area contributed by atoms with Crippen molar-refractivity contribution in [2.24, 2.45) is 0 Å². The van der Waals surface area contributed by atoms with Crippen molar-refractivity contribution in [1.29, 1.82) is 0 Å². The van der Waals surface area contributed by atoms with E-state index in [1.165, 1.54) is 23.1 Å². The first-order valence-corrected chi connectivity index (χ1v) is 7.87. The molecule has 128 valence electrons. The van der Waals surface area contributed by atoms with Crippen LogP contribution >= 0.6 is 0 Å². The van der Waals surface area contributed by atoms with E-state index < -0.39 is 0 Å². The van der Waals surface area contributed by atoms with Crippen LogP contribution in [0.25, 0.3) is 0 Å². The van der Waals surface area contributed by atoms with Gasteiger partial charge in [0.25, 0.3) is 0 Å². The molecule has 3 nitrogen and oxygen atoms in total. The molecule has 0 saturated carbocycles. The Morgan fingerprint density at radius 2 is 1.79 bits per heavy atom. The van der Waals surface area contributed by atoms with Crippen molar-refractivity contribution in [3.05, 3.63) is 65.7 Å². The number of benzene rings is 2. The molecule has 1 unspecified atom stereocenters. The Labute approximate surface area is 140 Å². The largest absolute Gasteiger partial charge is 0.494 e. The summed E-state index contributed by atoms with van der Waals surface area (Å²) in [5, 5.41) is 0. The summed E-state index contributed by atoms with van der Waals surface area (Å²) in [7, 11) is 1.67. The van der Waals surface area contributed by atoms with E-state index in [0.717, 1.165) is 0 Å². The molecular weight excluding hydrogens is 312 g/mol. The summed E-state index contributed by atoms with van der Waals surface area (Å²) in [4.78, 5) is 13.8. The maximum absolute atomic E-state index is 13.8. The predicted octanol–water partition coefficient (Wildman–Crippen LogP) is 4.34. The van der Waals surface area contributed by atoms with Crippen LogP contribution in [0, 0.1) is 11.6 Å². The normalized spacial score (nSPS) is 11.8. The van der Waals surface area contributed by atoms with Crippen LogP contribution in [-0.4, -0.2) is 24.5 Å². The number of rotatable bonds is 7. The van der Waals surface area contributed by atoms with Gasteiger partial charge in [0.15, 0.2) is 0 Å². The molecule has 0 N–H and O–H groups in total. The van der Waals surface area contributed by atoms with Crippen LogP contribution in [-0.2, 0) is 4.79 Å². The first kappa shape index (κ1) is 17.9. The lowest BCUT2D eigenvalue weighted by Crippen LogP contribution is -2.30. The van der Waals surface area contributed by atoms with E-state index in [9.17, 15) is 13.6 Å². The highest BCUT2D eigenvalue weighted by Crippen LogP contribution is 2.22. The Hall–Kier alpha value is -2.43. The monoisotopic (exact) mass is 333 g/mol. The summed E-state index contributed by atoms with van der Waals surface area (Å²) in [5.41, 5.74) is 0.496. The third-order valence-corrected chi connectivity index (χ3v) is 3.95. The van der Waals surface area contributed by atoms with Gasteiger partial charge in [-0.15, -0.1) is 0 Å². The summed E-state index contributed by atoms with van der Waals surface area (Å²) in [6, 6.07) is 11.9. The zero-order valence-electron chi connectivity index (χ0n) is 13.8. The molecule has 1 amide bonds. The van der Waals surface area contributed by atoms with E-state index in [1.807, 2.05) is 0 Å². The van der Waals surface area contributed by atoms with E-state index in [0.29, 0.717) is 30.8 Å². The van der Waals surface area contributed by atoms with Crippen molar-refractivity contribution in [3.63, 3.8) is 0 Å². The second-order valence-electron chi connectivity index (χ2n) is 5.61. The average molecular weight is 333 g/mol. The minimum Gasteiger partial charge on any atom is -0.494 e. The smallest absolute Gasteiger partial charge is 0.222 e. The van der Waals surface area contributed by atoms with Crippen LogP contribution in [0.1, 0.15) is 31.4 Å². The van der Waals surface area contributed by atoms with Crippen LogP contribution < -0.4 is 4.74 Å². The SMILES string of the molecule is CC(c1ccccc1F)N(C)C(=O)CCCOc1ccc(F)cc1. The molecule has 24 heavy (non-hydrogen) atoms. The highest BCUT2D eigenvalue weighted by atomic mass is 19.1. The van der Waals surface area contributed by atoms with Crippen molar-refractivity contribution in [2.45, 2.75) is 25.8 Å². The zero-order valence-corrected chi connectivity index (χ0v) is 13.8. The molecule has 0 aliphatic heterocycles. The topological polar surface area (TPSA) is 29.5 Å². The minimum absolute atomic E-state index is 0.0755. The maximum atomic E-state index is 13.8. The number of nitrogens with zero attached hydrogens (tertiary/aromatic N) is 1. The average Bonchev–Trinajstić information content (AvgIpc) is 2.59. The first-order chi connectivity index (χ1) is 11.5. The molecule has 0 aliphatic carbocycles. The zero-order chi connectivity index (χ0) is 17.5. The van der Waals surface area contributed by atoms with Gasteiger partial charge in [0.2, 0.25) is 5.91 Å². The van der Waals surface area contributed by atoms with Crippen molar-refractivity contribution in [3.8, 4) is 5.75 Å². The van der Waals surface area contributed by atoms with Gasteiger partial charge in [-0.1, -0.05) is 18.2 Å². The predicted molar refractivity (Wildman–Crippen MR) is 88.7 cm³/mol. The summed E-state index contributed by atoms with van der Waals surface area (Å²) in [6.45, 7) is 2.16. The molecule has 2 aromatic rings. The third kappa shape index (κ3) is 4.78. The number of amides is 1. The molecule has 0 aromatic heterocycles. The van der Waals surface area contributed by atoms with Crippen LogP contribution in [0.4, 0.5) is 8.78 Å². The Morgan fingerprint density at radius 1 is 1.12 bits per heavy atom. The van der Waals surface area contributed by atoms with Crippen molar-refractivity contribution in [1.82, 2.24) is 4.90 Å². The molecule has 2 rings (SSSR count). The number of hydrogen-bond acceptors (Lipinski definition) is 2. The molecule has 0 radical (unpaired) electrons. The fourth-order valence-electron chi connectivity index (χ4n) is 2.36. The first-order valence-electron chi connectivity index (χ1n) is 7.87. The van der Waals surface area contributed by atoms with Crippen LogP contribution in [0.5, 0.6) is 5.75 Å². The van der Waals surface area contributed by atoms with Crippen LogP contribution in [0.15, 0.2) is 48.5 Å². The van der Waals surface area contributed by atoms with E-state index in [2.05, 4.69) is 0 Å². The highest BCUT2D eigenvalue weighted by molar-refractivity contribution is 5.76. The Kier molecular flexibility index (Phi) is 6.29. The molecule has 0 bridgehead atoms. The molecule has 0 saturated heterocycles. The third-order valence-electron chi connectivity index (χ3n) is 3.95.